The minimum atomic E-state index is 0.345. The number of alkyl halides is 1. The topological polar surface area (TPSA) is 12.5 Å². The molecule has 0 aliphatic rings. The highest BCUT2D eigenvalue weighted by Crippen LogP contribution is 1.99. The molecule has 0 N–H and O–H groups in total. The Bertz CT molecular complexity index is 109. The predicted molar refractivity (Wildman–Crippen MR) is 57.0 cm³/mol. The van der Waals surface area contributed by atoms with Crippen LogP contribution in [0.5, 0.6) is 0 Å². The molecule has 0 fully saturated rings. The molecular weight excluding hydrogens is 218 g/mol. The molecule has 0 rings (SSSR count). The second-order valence-corrected chi connectivity index (χ2v) is 4.05. The lowest BCUT2D eigenvalue weighted by molar-refractivity contribution is 0.0592. The van der Waals surface area contributed by atoms with E-state index in [2.05, 4.69) is 48.6 Å². The van der Waals surface area contributed by atoms with Crippen LogP contribution in [0.1, 0.15) is 20.8 Å². The molecule has 1 atom stereocenters. The second-order valence-electron chi connectivity index (χ2n) is 3.40. The van der Waals surface area contributed by atoms with Crippen LogP contribution < -0.4 is 0 Å². The van der Waals surface area contributed by atoms with E-state index < -0.39 is 0 Å². The van der Waals surface area contributed by atoms with Gasteiger partial charge < -0.3 is 9.64 Å². The number of nitrogens with zero attached hydrogens (tertiary/aromatic N) is 1. The van der Waals surface area contributed by atoms with Crippen molar-refractivity contribution in [3.8, 4) is 0 Å². The fourth-order valence-corrected chi connectivity index (χ4v) is 1.26. The monoisotopic (exact) mass is 237 g/mol. The van der Waals surface area contributed by atoms with Gasteiger partial charge in [-0.2, -0.15) is 0 Å². The first kappa shape index (κ1) is 12.4. The molecule has 0 aromatic carbocycles. The quantitative estimate of drug-likeness (QED) is 0.657. The Balaban J connectivity index is 3.37. The van der Waals surface area contributed by atoms with Gasteiger partial charge in [0.1, 0.15) is 0 Å². The molecule has 2 nitrogen and oxygen atoms in total. The lowest BCUT2D eigenvalue weighted by Crippen LogP contribution is -2.33. The Labute approximate surface area is 84.4 Å². The molecule has 1 unspecified atom stereocenters. The first-order valence-corrected chi connectivity index (χ1v) is 5.58. The van der Waals surface area contributed by atoms with Crippen molar-refractivity contribution in [2.75, 3.05) is 25.5 Å². The number of halogens is 1. The summed E-state index contributed by atoms with van der Waals surface area (Å²) < 4.78 is 5.45. The van der Waals surface area contributed by atoms with Crippen molar-refractivity contribution in [1.82, 2.24) is 4.90 Å². The van der Waals surface area contributed by atoms with E-state index >= 15 is 0 Å². The van der Waals surface area contributed by atoms with E-state index in [1.807, 2.05) is 0 Å². The van der Waals surface area contributed by atoms with E-state index in [0.29, 0.717) is 12.1 Å². The molecular formula is C9H20BrNO. The summed E-state index contributed by atoms with van der Waals surface area (Å²) in [5, 5.41) is 1.02. The molecule has 0 aromatic rings. The summed E-state index contributed by atoms with van der Waals surface area (Å²) in [7, 11) is 2.12. The Hall–Kier alpha value is 0.400. The standard InChI is InChI=1S/C9H20BrNO/c1-8(2)12-6-5-11(4)9(3)7-10/h8-9H,5-7H2,1-4H3. The van der Waals surface area contributed by atoms with Crippen molar-refractivity contribution in [2.45, 2.75) is 32.9 Å². The summed E-state index contributed by atoms with van der Waals surface area (Å²) in [6.07, 6.45) is 0.345. The Kier molecular flexibility index (Phi) is 7.10. The maximum absolute atomic E-state index is 5.45. The zero-order valence-corrected chi connectivity index (χ0v) is 10.1. The molecule has 12 heavy (non-hydrogen) atoms. The molecule has 0 spiro atoms. The Morgan fingerprint density at radius 3 is 2.33 bits per heavy atom. The summed E-state index contributed by atoms with van der Waals surface area (Å²) in [5.74, 6) is 0. The van der Waals surface area contributed by atoms with Crippen molar-refractivity contribution in [3.05, 3.63) is 0 Å². The number of rotatable bonds is 6. The van der Waals surface area contributed by atoms with Crippen LogP contribution in [0.3, 0.4) is 0 Å². The van der Waals surface area contributed by atoms with Gasteiger partial charge >= 0.3 is 0 Å². The molecule has 0 radical (unpaired) electrons. The van der Waals surface area contributed by atoms with Gasteiger partial charge in [-0.1, -0.05) is 15.9 Å². The van der Waals surface area contributed by atoms with Gasteiger partial charge in [0, 0.05) is 17.9 Å². The van der Waals surface area contributed by atoms with Crippen LogP contribution in [0.2, 0.25) is 0 Å². The van der Waals surface area contributed by atoms with Gasteiger partial charge in [0.05, 0.1) is 12.7 Å². The van der Waals surface area contributed by atoms with E-state index in [0.717, 1.165) is 18.5 Å². The highest BCUT2D eigenvalue weighted by molar-refractivity contribution is 9.09. The Morgan fingerprint density at radius 2 is 1.92 bits per heavy atom. The lowest BCUT2D eigenvalue weighted by Gasteiger charge is -2.23. The molecule has 0 heterocycles. The van der Waals surface area contributed by atoms with E-state index in [-0.39, 0.29) is 0 Å². The van der Waals surface area contributed by atoms with Gasteiger partial charge in [0.2, 0.25) is 0 Å². The third kappa shape index (κ3) is 5.98. The van der Waals surface area contributed by atoms with E-state index in [9.17, 15) is 0 Å². The van der Waals surface area contributed by atoms with Crippen LogP contribution in [0, 0.1) is 0 Å². The molecule has 0 aliphatic carbocycles. The zero-order chi connectivity index (χ0) is 9.56. The SMILES string of the molecule is CC(C)OCCN(C)C(C)CBr. The van der Waals surface area contributed by atoms with Crippen molar-refractivity contribution in [2.24, 2.45) is 0 Å². The van der Waals surface area contributed by atoms with Gasteiger partial charge in [-0.05, 0) is 27.8 Å². The van der Waals surface area contributed by atoms with Crippen molar-refractivity contribution >= 4 is 15.9 Å². The zero-order valence-electron chi connectivity index (χ0n) is 8.51. The van der Waals surface area contributed by atoms with Gasteiger partial charge in [-0.3, -0.25) is 0 Å². The normalized spacial score (nSPS) is 14.2. The molecule has 0 amide bonds. The predicted octanol–water partition coefficient (Wildman–Crippen LogP) is 2.13. The van der Waals surface area contributed by atoms with Crippen molar-refractivity contribution < 1.29 is 4.74 Å². The summed E-state index contributed by atoms with van der Waals surface area (Å²) in [4.78, 5) is 2.29. The van der Waals surface area contributed by atoms with E-state index in [1.165, 1.54) is 0 Å². The van der Waals surface area contributed by atoms with Crippen LogP contribution in [0.4, 0.5) is 0 Å². The third-order valence-corrected chi connectivity index (χ3v) is 2.81. The first-order valence-electron chi connectivity index (χ1n) is 4.45. The first-order chi connectivity index (χ1) is 5.57. The number of likely N-dealkylation sites (N-methyl/N-ethyl adjacent to an activating group) is 1. The fraction of sp³-hybridized carbons (Fsp3) is 1.00. The fourth-order valence-electron chi connectivity index (χ4n) is 0.771. The highest BCUT2D eigenvalue weighted by Gasteiger charge is 2.06. The molecule has 0 aliphatic heterocycles. The van der Waals surface area contributed by atoms with Crippen LogP contribution in [0.15, 0.2) is 0 Å². The van der Waals surface area contributed by atoms with Crippen LogP contribution in [0.25, 0.3) is 0 Å². The number of ether oxygens (including phenoxy) is 1. The summed E-state index contributed by atoms with van der Waals surface area (Å²) in [5.41, 5.74) is 0. The summed E-state index contributed by atoms with van der Waals surface area (Å²) in [6.45, 7) is 8.16. The molecule has 74 valence electrons. The van der Waals surface area contributed by atoms with E-state index in [1.54, 1.807) is 0 Å². The minimum absolute atomic E-state index is 0.345. The lowest BCUT2D eigenvalue weighted by atomic mass is 10.3. The smallest absolute Gasteiger partial charge is 0.0596 e. The van der Waals surface area contributed by atoms with Crippen LogP contribution in [-0.4, -0.2) is 42.6 Å². The molecule has 0 aromatic heterocycles. The maximum atomic E-state index is 5.45. The van der Waals surface area contributed by atoms with Crippen LogP contribution in [-0.2, 0) is 4.74 Å². The van der Waals surface area contributed by atoms with Crippen molar-refractivity contribution in [1.29, 1.82) is 0 Å². The molecule has 3 heteroatoms. The van der Waals surface area contributed by atoms with E-state index in [4.69, 9.17) is 4.74 Å². The number of hydrogen-bond acceptors (Lipinski definition) is 2. The summed E-state index contributed by atoms with van der Waals surface area (Å²) >= 11 is 3.45. The average Bonchev–Trinajstić information content (AvgIpc) is 2.02. The maximum Gasteiger partial charge on any atom is 0.0596 e. The number of hydrogen-bond donors (Lipinski definition) is 0. The largest absolute Gasteiger partial charge is 0.377 e. The molecule has 0 bridgehead atoms. The molecule has 0 saturated heterocycles. The van der Waals surface area contributed by atoms with Gasteiger partial charge in [0.15, 0.2) is 0 Å². The van der Waals surface area contributed by atoms with Gasteiger partial charge in [-0.15, -0.1) is 0 Å². The van der Waals surface area contributed by atoms with Gasteiger partial charge in [-0.25, -0.2) is 0 Å². The highest BCUT2D eigenvalue weighted by atomic mass is 79.9. The third-order valence-electron chi connectivity index (χ3n) is 1.87. The van der Waals surface area contributed by atoms with Gasteiger partial charge in [0.25, 0.3) is 0 Å². The second kappa shape index (κ2) is 6.87. The van der Waals surface area contributed by atoms with Crippen molar-refractivity contribution in [3.63, 3.8) is 0 Å². The van der Waals surface area contributed by atoms with Crippen LogP contribution >= 0.6 is 15.9 Å². The molecule has 0 saturated carbocycles. The Morgan fingerprint density at radius 1 is 1.33 bits per heavy atom. The minimum Gasteiger partial charge on any atom is -0.377 e. The summed E-state index contributed by atoms with van der Waals surface area (Å²) in [6, 6.07) is 0.584. The average molecular weight is 238 g/mol.